The molecule has 2 atom stereocenters. The molecule has 7 heteroatoms. The minimum Gasteiger partial charge on any atom is -0.457 e. The maximum Gasteiger partial charge on any atom is 0.426 e. The Bertz CT molecular complexity index is 910. The summed E-state index contributed by atoms with van der Waals surface area (Å²) in [6.45, 7) is 3.77. The second-order valence-electron chi connectivity index (χ2n) is 7.62. The Morgan fingerprint density at radius 1 is 1.14 bits per heavy atom. The Balaban J connectivity index is 1.60. The molecule has 1 amide bonds. The normalized spacial score (nSPS) is 20.8. The molecule has 0 aromatic heterocycles. The van der Waals surface area contributed by atoms with Gasteiger partial charge in [-0.15, -0.1) is 0 Å². The average molecular weight is 424 g/mol. The quantitative estimate of drug-likeness (QED) is 0.614. The molecule has 2 aromatic carbocycles. The molecule has 1 N–H and O–H groups in total. The van der Waals surface area contributed by atoms with E-state index < -0.39 is 28.5 Å². The Morgan fingerprint density at radius 2 is 1.79 bits per heavy atom. The van der Waals surface area contributed by atoms with Gasteiger partial charge in [-0.05, 0) is 41.2 Å². The summed E-state index contributed by atoms with van der Waals surface area (Å²) in [5.74, 6) is -0.0685. The monoisotopic (exact) mass is 423 g/mol. The van der Waals surface area contributed by atoms with Crippen molar-refractivity contribution in [2.75, 3.05) is 0 Å². The summed E-state index contributed by atoms with van der Waals surface area (Å²) in [6, 6.07) is 16.6. The number of carbonyl (C=O) groups excluding carboxylic acids is 1. The summed E-state index contributed by atoms with van der Waals surface area (Å²) >= 11 is 5.34. The third kappa shape index (κ3) is 5.12. The Labute approximate surface area is 172 Å². The summed E-state index contributed by atoms with van der Waals surface area (Å²) in [5.41, 5.74) is 0.249. The van der Waals surface area contributed by atoms with Crippen LogP contribution in [-0.4, -0.2) is 12.1 Å². The number of alkyl halides is 3. The molecule has 1 aliphatic carbocycles. The van der Waals surface area contributed by atoms with Gasteiger partial charge in [0.05, 0.1) is 5.92 Å². The van der Waals surface area contributed by atoms with Crippen molar-refractivity contribution < 1.29 is 22.7 Å². The first-order chi connectivity index (χ1) is 13.6. The highest BCUT2D eigenvalue weighted by atomic mass is 35.5. The maximum atomic E-state index is 12.7. The second-order valence-corrected chi connectivity index (χ2v) is 8.02. The molecule has 0 bridgehead atoms. The number of hydrogen-bond acceptors (Lipinski definition) is 2. The van der Waals surface area contributed by atoms with Gasteiger partial charge in [0, 0.05) is 6.54 Å². The standard InChI is InChI=1S/C22H21ClF3NO2/c1-21(2)17(12-18(23)22(24,25)26)19(21)20(28)27-13-14-7-6-10-16(11-14)29-15-8-4-3-5-9-15/h3-12,17,19H,13H2,1-2H3,(H,27,28). The predicted molar refractivity (Wildman–Crippen MR) is 106 cm³/mol. The smallest absolute Gasteiger partial charge is 0.426 e. The number of nitrogens with one attached hydrogen (secondary N) is 1. The number of benzene rings is 2. The molecule has 0 spiro atoms. The van der Waals surface area contributed by atoms with Gasteiger partial charge in [0.25, 0.3) is 0 Å². The van der Waals surface area contributed by atoms with Crippen molar-refractivity contribution in [1.82, 2.24) is 5.32 Å². The molecule has 3 rings (SSSR count). The number of ether oxygens (including phenoxy) is 1. The first-order valence-corrected chi connectivity index (χ1v) is 9.51. The zero-order valence-corrected chi connectivity index (χ0v) is 16.7. The molecule has 0 saturated heterocycles. The molecular formula is C22H21ClF3NO2. The Hall–Kier alpha value is -2.47. The molecule has 1 aliphatic rings. The van der Waals surface area contributed by atoms with Gasteiger partial charge in [-0.25, -0.2) is 0 Å². The van der Waals surface area contributed by atoms with E-state index in [1.807, 2.05) is 54.6 Å². The summed E-state index contributed by atoms with van der Waals surface area (Å²) in [6.07, 6.45) is -3.65. The lowest BCUT2D eigenvalue weighted by Gasteiger charge is -2.09. The van der Waals surface area contributed by atoms with Crippen LogP contribution >= 0.6 is 11.6 Å². The first kappa shape index (κ1) is 21.2. The third-order valence-corrected chi connectivity index (χ3v) is 5.47. The first-order valence-electron chi connectivity index (χ1n) is 9.13. The van der Waals surface area contributed by atoms with Crippen LogP contribution in [0.5, 0.6) is 11.5 Å². The third-order valence-electron chi connectivity index (χ3n) is 5.13. The Kier molecular flexibility index (Phi) is 5.94. The maximum absolute atomic E-state index is 12.7. The fourth-order valence-electron chi connectivity index (χ4n) is 3.38. The number of hydrogen-bond donors (Lipinski definition) is 1. The van der Waals surface area contributed by atoms with E-state index in [0.717, 1.165) is 11.6 Å². The van der Waals surface area contributed by atoms with Crippen LogP contribution in [-0.2, 0) is 11.3 Å². The van der Waals surface area contributed by atoms with Crippen LogP contribution in [0.25, 0.3) is 0 Å². The van der Waals surface area contributed by atoms with Crippen molar-refractivity contribution in [2.45, 2.75) is 26.6 Å². The molecule has 2 aromatic rings. The van der Waals surface area contributed by atoms with E-state index in [4.69, 9.17) is 16.3 Å². The highest BCUT2D eigenvalue weighted by Crippen LogP contribution is 2.60. The van der Waals surface area contributed by atoms with E-state index in [0.29, 0.717) is 11.5 Å². The summed E-state index contributed by atoms with van der Waals surface area (Å²) in [7, 11) is 0. The van der Waals surface area contributed by atoms with E-state index in [-0.39, 0.29) is 12.5 Å². The minimum absolute atomic E-state index is 0.251. The van der Waals surface area contributed by atoms with Crippen molar-refractivity contribution in [3.63, 3.8) is 0 Å². The predicted octanol–water partition coefficient (Wildman–Crippen LogP) is 6.05. The molecule has 154 valence electrons. The molecule has 2 unspecified atom stereocenters. The van der Waals surface area contributed by atoms with Crippen molar-refractivity contribution in [3.05, 3.63) is 71.3 Å². The van der Waals surface area contributed by atoms with Gasteiger partial charge in [-0.3, -0.25) is 4.79 Å². The van der Waals surface area contributed by atoms with Crippen LogP contribution in [0.15, 0.2) is 65.7 Å². The van der Waals surface area contributed by atoms with Crippen molar-refractivity contribution in [2.24, 2.45) is 17.3 Å². The molecule has 3 nitrogen and oxygen atoms in total. The van der Waals surface area contributed by atoms with Crippen molar-refractivity contribution in [1.29, 1.82) is 0 Å². The zero-order valence-electron chi connectivity index (χ0n) is 16.0. The number of allylic oxidation sites excluding steroid dienone is 2. The van der Waals surface area contributed by atoms with Crippen LogP contribution in [0.1, 0.15) is 19.4 Å². The molecule has 29 heavy (non-hydrogen) atoms. The molecule has 0 aliphatic heterocycles. The SMILES string of the molecule is CC1(C)C(C=C(Cl)C(F)(F)F)C1C(=O)NCc1cccc(Oc2ccccc2)c1. The number of rotatable bonds is 6. The fourth-order valence-corrected chi connectivity index (χ4v) is 3.52. The Morgan fingerprint density at radius 3 is 2.45 bits per heavy atom. The van der Waals surface area contributed by atoms with Gasteiger partial charge in [0.15, 0.2) is 0 Å². The molecular weight excluding hydrogens is 403 g/mol. The topological polar surface area (TPSA) is 38.3 Å². The van der Waals surface area contributed by atoms with E-state index in [2.05, 4.69) is 5.32 Å². The van der Waals surface area contributed by atoms with Crippen LogP contribution in [0.2, 0.25) is 0 Å². The molecule has 0 radical (unpaired) electrons. The number of halogens is 4. The average Bonchev–Trinajstić information content (AvgIpc) is 3.20. The van der Waals surface area contributed by atoms with Gasteiger partial charge >= 0.3 is 6.18 Å². The number of carbonyl (C=O) groups is 1. The van der Waals surface area contributed by atoms with E-state index in [1.54, 1.807) is 13.8 Å². The molecule has 0 heterocycles. The van der Waals surface area contributed by atoms with Crippen molar-refractivity contribution in [3.8, 4) is 11.5 Å². The van der Waals surface area contributed by atoms with Gasteiger partial charge in [-0.1, -0.05) is 61.9 Å². The van der Waals surface area contributed by atoms with Gasteiger partial charge in [0.2, 0.25) is 5.91 Å². The molecule has 1 fully saturated rings. The largest absolute Gasteiger partial charge is 0.457 e. The highest BCUT2D eigenvalue weighted by Gasteiger charge is 2.61. The minimum atomic E-state index is -4.60. The summed E-state index contributed by atoms with van der Waals surface area (Å²) < 4.78 is 43.8. The lowest BCUT2D eigenvalue weighted by Crippen LogP contribution is -2.26. The summed E-state index contributed by atoms with van der Waals surface area (Å²) in [5, 5.41) is 1.62. The van der Waals surface area contributed by atoms with Gasteiger partial charge in [0.1, 0.15) is 16.5 Å². The van der Waals surface area contributed by atoms with E-state index in [1.165, 1.54) is 0 Å². The van der Waals surface area contributed by atoms with Crippen LogP contribution in [0.4, 0.5) is 13.2 Å². The fraction of sp³-hybridized carbons (Fsp3) is 0.318. The number of amides is 1. The van der Waals surface area contributed by atoms with E-state index in [9.17, 15) is 18.0 Å². The lowest BCUT2D eigenvalue weighted by atomic mass is 10.1. The van der Waals surface area contributed by atoms with Crippen LogP contribution in [0, 0.1) is 17.3 Å². The zero-order chi connectivity index (χ0) is 21.2. The van der Waals surface area contributed by atoms with Crippen molar-refractivity contribution >= 4 is 17.5 Å². The highest BCUT2D eigenvalue weighted by molar-refractivity contribution is 6.30. The number of para-hydroxylation sites is 1. The van der Waals surface area contributed by atoms with Crippen LogP contribution in [0.3, 0.4) is 0 Å². The molecule has 1 saturated carbocycles. The summed E-state index contributed by atoms with van der Waals surface area (Å²) in [4.78, 5) is 12.5. The van der Waals surface area contributed by atoms with Crippen LogP contribution < -0.4 is 10.1 Å². The lowest BCUT2D eigenvalue weighted by molar-refractivity contribution is -0.123. The van der Waals surface area contributed by atoms with E-state index >= 15 is 0 Å². The van der Waals surface area contributed by atoms with Gasteiger partial charge < -0.3 is 10.1 Å². The second kappa shape index (κ2) is 8.11. The van der Waals surface area contributed by atoms with Gasteiger partial charge in [-0.2, -0.15) is 13.2 Å².